The Morgan fingerprint density at radius 1 is 1.00 bits per heavy atom. The number of benzene rings is 3. The van der Waals surface area contributed by atoms with Crippen LogP contribution < -0.4 is 5.32 Å². The van der Waals surface area contributed by atoms with Crippen LogP contribution >= 0.6 is 0 Å². The average Bonchev–Trinajstić information content (AvgIpc) is 3.21. The maximum absolute atomic E-state index is 13.0. The van der Waals surface area contributed by atoms with E-state index < -0.39 is 0 Å². The molecule has 3 aromatic rings. The van der Waals surface area contributed by atoms with Crippen molar-refractivity contribution in [3.63, 3.8) is 0 Å². The molecular weight excluding hydrogens is 446 g/mol. The lowest BCUT2D eigenvalue weighted by Gasteiger charge is -2.36. The maximum Gasteiger partial charge on any atom is 0.254 e. The summed E-state index contributed by atoms with van der Waals surface area (Å²) in [7, 11) is 0. The van der Waals surface area contributed by atoms with E-state index in [1.165, 1.54) is 30.4 Å². The van der Waals surface area contributed by atoms with Crippen molar-refractivity contribution in [2.24, 2.45) is 0 Å². The number of fused-ring (bicyclic) bond motifs is 1. The lowest BCUT2D eigenvalue weighted by Crippen LogP contribution is -2.36. The summed E-state index contributed by atoms with van der Waals surface area (Å²) < 4.78 is 0. The first-order valence-corrected chi connectivity index (χ1v) is 13.1. The fraction of sp³-hybridized carbons (Fsp3) is 0.355. The molecule has 0 spiro atoms. The second kappa shape index (κ2) is 11.1. The summed E-state index contributed by atoms with van der Waals surface area (Å²) >= 11 is 0. The molecule has 1 N–H and O–H groups in total. The average molecular weight is 482 g/mol. The van der Waals surface area contributed by atoms with E-state index >= 15 is 0 Å². The van der Waals surface area contributed by atoms with E-state index in [0.29, 0.717) is 36.8 Å². The number of aryl methyl sites for hydroxylation is 1. The molecule has 2 aliphatic heterocycles. The summed E-state index contributed by atoms with van der Waals surface area (Å²) in [6, 6.07) is 25.0. The van der Waals surface area contributed by atoms with Gasteiger partial charge in [0, 0.05) is 43.3 Å². The molecule has 1 unspecified atom stereocenters. The number of piperidine rings is 1. The highest BCUT2D eigenvalue weighted by atomic mass is 16.2. The van der Waals surface area contributed by atoms with E-state index in [1.54, 1.807) is 6.07 Å². The zero-order valence-corrected chi connectivity index (χ0v) is 21.1. The maximum atomic E-state index is 13.0. The van der Waals surface area contributed by atoms with E-state index in [9.17, 15) is 9.59 Å². The van der Waals surface area contributed by atoms with Crippen molar-refractivity contribution in [2.45, 2.75) is 51.7 Å². The minimum absolute atomic E-state index is 0.00166. The molecule has 0 aliphatic carbocycles. The Morgan fingerprint density at radius 2 is 1.86 bits per heavy atom. The monoisotopic (exact) mass is 481 g/mol. The van der Waals surface area contributed by atoms with Gasteiger partial charge in [-0.05, 0) is 61.6 Å². The first-order valence-electron chi connectivity index (χ1n) is 13.1. The number of nitrogens with zero attached hydrogens (tertiary/aromatic N) is 2. The Morgan fingerprint density at radius 3 is 2.69 bits per heavy atom. The van der Waals surface area contributed by atoms with Gasteiger partial charge in [-0.3, -0.25) is 14.5 Å². The van der Waals surface area contributed by atoms with Crippen molar-refractivity contribution < 1.29 is 9.59 Å². The van der Waals surface area contributed by atoms with Crippen molar-refractivity contribution in [3.05, 3.63) is 106 Å². The molecule has 0 saturated carbocycles. The molecule has 36 heavy (non-hydrogen) atoms. The third-order valence-corrected chi connectivity index (χ3v) is 7.41. The first-order chi connectivity index (χ1) is 17.6. The van der Waals surface area contributed by atoms with Crippen LogP contribution in [0, 0.1) is 6.92 Å². The van der Waals surface area contributed by atoms with Crippen molar-refractivity contribution in [3.8, 4) is 0 Å². The first kappa shape index (κ1) is 24.3. The summed E-state index contributed by atoms with van der Waals surface area (Å²) in [5, 5.41) is 3.07. The summed E-state index contributed by atoms with van der Waals surface area (Å²) in [6.45, 7) is 5.93. The molecule has 5 heteroatoms. The molecule has 186 valence electrons. The number of carbonyl (C=O) groups excluding carboxylic acids is 2. The highest BCUT2D eigenvalue weighted by Crippen LogP contribution is 2.30. The summed E-state index contributed by atoms with van der Waals surface area (Å²) in [5.74, 6) is -0.112. The summed E-state index contributed by atoms with van der Waals surface area (Å²) in [5.41, 5.74) is 5.89. The topological polar surface area (TPSA) is 52.7 Å². The molecule has 0 bridgehead atoms. The SMILES string of the molecule is Cc1cccc(CN2Cc3ccc(C(=O)NCCCN4CCCCC4c4ccccc4)cc3C2=O)c1. The zero-order valence-electron chi connectivity index (χ0n) is 21.1. The van der Waals surface area contributed by atoms with Gasteiger partial charge in [0.1, 0.15) is 0 Å². The number of carbonyl (C=O) groups is 2. The van der Waals surface area contributed by atoms with Gasteiger partial charge in [0.05, 0.1) is 0 Å². The van der Waals surface area contributed by atoms with Crippen LogP contribution in [-0.4, -0.2) is 41.2 Å². The Balaban J connectivity index is 1.14. The quantitative estimate of drug-likeness (QED) is 0.433. The molecule has 1 atom stereocenters. The van der Waals surface area contributed by atoms with Gasteiger partial charge < -0.3 is 10.2 Å². The predicted molar refractivity (Wildman–Crippen MR) is 143 cm³/mol. The van der Waals surface area contributed by atoms with Crippen molar-refractivity contribution in [1.82, 2.24) is 15.1 Å². The number of hydrogen-bond donors (Lipinski definition) is 1. The fourth-order valence-electron chi connectivity index (χ4n) is 5.56. The van der Waals surface area contributed by atoms with Gasteiger partial charge >= 0.3 is 0 Å². The molecule has 2 aliphatic rings. The van der Waals surface area contributed by atoms with Gasteiger partial charge in [0.15, 0.2) is 0 Å². The predicted octanol–water partition coefficient (Wildman–Crippen LogP) is 5.50. The second-order valence-corrected chi connectivity index (χ2v) is 10.1. The molecule has 2 heterocycles. The molecule has 0 radical (unpaired) electrons. The Labute approximate surface area is 214 Å². The van der Waals surface area contributed by atoms with Gasteiger partial charge in [-0.2, -0.15) is 0 Å². The molecule has 0 aromatic heterocycles. The van der Waals surface area contributed by atoms with Crippen LogP contribution in [0.4, 0.5) is 0 Å². The van der Waals surface area contributed by atoms with Gasteiger partial charge in [-0.15, -0.1) is 0 Å². The van der Waals surface area contributed by atoms with Crippen LogP contribution in [0.3, 0.4) is 0 Å². The molecule has 5 nitrogen and oxygen atoms in total. The number of nitrogens with one attached hydrogen (secondary N) is 1. The highest BCUT2D eigenvalue weighted by Gasteiger charge is 2.28. The Bertz CT molecular complexity index is 1220. The summed E-state index contributed by atoms with van der Waals surface area (Å²) in [6.07, 6.45) is 4.61. The summed E-state index contributed by atoms with van der Waals surface area (Å²) in [4.78, 5) is 30.3. The molecular formula is C31H35N3O2. The third kappa shape index (κ3) is 5.52. The van der Waals surface area contributed by atoms with Crippen molar-refractivity contribution in [1.29, 1.82) is 0 Å². The van der Waals surface area contributed by atoms with E-state index in [4.69, 9.17) is 0 Å². The normalized spacial score (nSPS) is 17.8. The van der Waals surface area contributed by atoms with Crippen LogP contribution in [0.1, 0.15) is 74.7 Å². The third-order valence-electron chi connectivity index (χ3n) is 7.41. The highest BCUT2D eigenvalue weighted by molar-refractivity contribution is 6.02. The fourth-order valence-corrected chi connectivity index (χ4v) is 5.56. The Hall–Kier alpha value is -3.44. The van der Waals surface area contributed by atoms with Gasteiger partial charge in [0.25, 0.3) is 11.8 Å². The molecule has 1 fully saturated rings. The number of likely N-dealkylation sites (tertiary alicyclic amines) is 1. The van der Waals surface area contributed by atoms with Gasteiger partial charge in [-0.1, -0.05) is 72.6 Å². The second-order valence-electron chi connectivity index (χ2n) is 10.1. The van der Waals surface area contributed by atoms with Crippen LogP contribution in [0.15, 0.2) is 72.8 Å². The van der Waals surface area contributed by atoms with Crippen LogP contribution in [0.25, 0.3) is 0 Å². The zero-order chi connectivity index (χ0) is 24.9. The molecule has 5 rings (SSSR count). The molecule has 3 aromatic carbocycles. The largest absolute Gasteiger partial charge is 0.352 e. The van der Waals surface area contributed by atoms with Crippen LogP contribution in [0.5, 0.6) is 0 Å². The van der Waals surface area contributed by atoms with E-state index in [0.717, 1.165) is 30.6 Å². The van der Waals surface area contributed by atoms with Crippen molar-refractivity contribution >= 4 is 11.8 Å². The van der Waals surface area contributed by atoms with Crippen molar-refractivity contribution in [2.75, 3.05) is 19.6 Å². The van der Waals surface area contributed by atoms with E-state index in [1.807, 2.05) is 29.2 Å². The number of amides is 2. The van der Waals surface area contributed by atoms with Gasteiger partial charge in [-0.25, -0.2) is 0 Å². The number of hydrogen-bond acceptors (Lipinski definition) is 3. The standard InChI is InChI=1S/C31H35N3O2/c1-23-9-7-10-24(19-23)21-34-22-27-15-14-26(20-28(27)31(34)36)30(35)32-16-8-18-33-17-6-5-13-29(33)25-11-3-2-4-12-25/h2-4,7,9-12,14-15,19-20,29H,5-6,8,13,16-18,21-22H2,1H3,(H,32,35). The molecule has 2 amide bonds. The van der Waals surface area contributed by atoms with Gasteiger partial charge in [0.2, 0.25) is 0 Å². The lowest BCUT2D eigenvalue weighted by atomic mass is 9.95. The van der Waals surface area contributed by atoms with Crippen LogP contribution in [-0.2, 0) is 13.1 Å². The molecule has 1 saturated heterocycles. The number of rotatable bonds is 8. The lowest BCUT2D eigenvalue weighted by molar-refractivity contribution is 0.0766. The van der Waals surface area contributed by atoms with Crippen LogP contribution in [0.2, 0.25) is 0 Å². The smallest absolute Gasteiger partial charge is 0.254 e. The minimum Gasteiger partial charge on any atom is -0.352 e. The van der Waals surface area contributed by atoms with E-state index in [-0.39, 0.29) is 11.8 Å². The van der Waals surface area contributed by atoms with E-state index in [2.05, 4.69) is 59.6 Å². The minimum atomic E-state index is -0.110. The Kier molecular flexibility index (Phi) is 7.47.